The molecule has 2 aliphatic heterocycles. The molecule has 1 unspecified atom stereocenters. The minimum atomic E-state index is -0.701. The van der Waals surface area contributed by atoms with E-state index < -0.39 is 12.0 Å². The van der Waals surface area contributed by atoms with Gasteiger partial charge >= 0.3 is 5.97 Å². The number of aromatic nitrogens is 2. The van der Waals surface area contributed by atoms with Crippen molar-refractivity contribution < 1.29 is 18.7 Å². The zero-order chi connectivity index (χ0) is 24.2. The van der Waals surface area contributed by atoms with Gasteiger partial charge in [0, 0.05) is 35.7 Å². The number of rotatable bonds is 7. The summed E-state index contributed by atoms with van der Waals surface area (Å²) in [5, 5.41) is 13.5. The van der Waals surface area contributed by atoms with Crippen LogP contribution < -0.4 is 5.32 Å². The highest BCUT2D eigenvalue weighted by Gasteiger charge is 2.35. The molecule has 2 aliphatic rings. The lowest BCUT2D eigenvalue weighted by atomic mass is 9.95. The molecular formula is C23H27BrFN5O3S. The topological polar surface area (TPSA) is 88.9 Å². The predicted molar refractivity (Wildman–Crippen MR) is 131 cm³/mol. The minimum Gasteiger partial charge on any atom is -0.463 e. The molecule has 3 heterocycles. The van der Waals surface area contributed by atoms with Crippen molar-refractivity contribution in [3.8, 4) is 0 Å². The summed E-state index contributed by atoms with van der Waals surface area (Å²) >= 11 is 4.92. The van der Waals surface area contributed by atoms with Crippen LogP contribution in [0.3, 0.4) is 0 Å². The minimum absolute atomic E-state index is 0.231. The van der Waals surface area contributed by atoms with Gasteiger partial charge in [-0.25, -0.2) is 9.18 Å². The van der Waals surface area contributed by atoms with Gasteiger partial charge < -0.3 is 14.8 Å². The van der Waals surface area contributed by atoms with E-state index in [2.05, 4.69) is 50.2 Å². The SMILES string of the molecule is CCOC(=O)C1=C(CN2CCOCC2)NC(c2nnc(C(C)C)s2)=NC1c1ccc(F)cc1Br. The largest absolute Gasteiger partial charge is 0.463 e. The third-order valence-electron chi connectivity index (χ3n) is 5.50. The number of amidine groups is 1. The Morgan fingerprint density at radius 3 is 2.76 bits per heavy atom. The predicted octanol–water partition coefficient (Wildman–Crippen LogP) is 3.80. The van der Waals surface area contributed by atoms with Gasteiger partial charge in [0.2, 0.25) is 0 Å². The van der Waals surface area contributed by atoms with Crippen molar-refractivity contribution in [1.29, 1.82) is 0 Å². The number of nitrogens with one attached hydrogen (secondary N) is 1. The Morgan fingerprint density at radius 1 is 1.35 bits per heavy atom. The standard InChI is InChI=1S/C23H27BrFN5O3S/c1-4-33-23(31)18-17(12-30-7-9-32-10-8-30)26-20(22-29-28-21(34-22)13(2)3)27-19(18)15-6-5-14(25)11-16(15)24/h5-6,11,13,19H,4,7-10,12H2,1-3H3,(H,26,27). The first-order valence-electron chi connectivity index (χ1n) is 11.2. The van der Waals surface area contributed by atoms with Gasteiger partial charge in [0.05, 0.1) is 25.4 Å². The molecule has 0 spiro atoms. The first-order chi connectivity index (χ1) is 16.4. The summed E-state index contributed by atoms with van der Waals surface area (Å²) in [6.07, 6.45) is 0. The van der Waals surface area contributed by atoms with E-state index in [0.29, 0.717) is 51.9 Å². The third-order valence-corrected chi connectivity index (χ3v) is 7.42. The summed E-state index contributed by atoms with van der Waals surface area (Å²) in [7, 11) is 0. The van der Waals surface area contributed by atoms with Crippen molar-refractivity contribution in [2.24, 2.45) is 4.99 Å². The molecule has 34 heavy (non-hydrogen) atoms. The smallest absolute Gasteiger partial charge is 0.338 e. The van der Waals surface area contributed by atoms with Crippen LogP contribution >= 0.6 is 27.3 Å². The van der Waals surface area contributed by atoms with E-state index in [-0.39, 0.29) is 18.3 Å². The van der Waals surface area contributed by atoms with E-state index in [4.69, 9.17) is 14.5 Å². The van der Waals surface area contributed by atoms with E-state index in [1.807, 2.05) is 0 Å². The van der Waals surface area contributed by atoms with Gasteiger partial charge in [-0.15, -0.1) is 10.2 Å². The van der Waals surface area contributed by atoms with E-state index in [1.165, 1.54) is 23.5 Å². The third kappa shape index (κ3) is 5.54. The van der Waals surface area contributed by atoms with Gasteiger partial charge in [-0.2, -0.15) is 0 Å². The summed E-state index contributed by atoms with van der Waals surface area (Å²) in [5.74, 6) is -0.0741. The molecule has 11 heteroatoms. The van der Waals surface area contributed by atoms with Crippen LogP contribution in [0.25, 0.3) is 0 Å². The summed E-state index contributed by atoms with van der Waals surface area (Å²) in [6.45, 7) is 9.35. The number of hydrogen-bond donors (Lipinski definition) is 1. The highest BCUT2D eigenvalue weighted by molar-refractivity contribution is 9.10. The van der Waals surface area contributed by atoms with Crippen molar-refractivity contribution in [1.82, 2.24) is 20.4 Å². The molecule has 8 nitrogen and oxygen atoms in total. The van der Waals surface area contributed by atoms with E-state index in [9.17, 15) is 9.18 Å². The zero-order valence-electron chi connectivity index (χ0n) is 19.3. The molecule has 0 aliphatic carbocycles. The summed E-state index contributed by atoms with van der Waals surface area (Å²) in [6, 6.07) is 3.68. The van der Waals surface area contributed by atoms with Gasteiger partial charge in [0.15, 0.2) is 10.8 Å². The van der Waals surface area contributed by atoms with E-state index in [0.717, 1.165) is 18.1 Å². The van der Waals surface area contributed by atoms with Crippen LogP contribution in [0.4, 0.5) is 4.39 Å². The Bertz CT molecular complexity index is 1110. The molecule has 1 aromatic carbocycles. The molecule has 1 saturated heterocycles. The van der Waals surface area contributed by atoms with Gasteiger partial charge in [0.1, 0.15) is 16.9 Å². The first kappa shape index (κ1) is 24.9. The highest BCUT2D eigenvalue weighted by Crippen LogP contribution is 2.37. The van der Waals surface area contributed by atoms with Gasteiger partial charge in [-0.05, 0) is 24.6 Å². The number of ether oxygens (including phenoxy) is 2. The number of carbonyl (C=O) groups excluding carboxylic acids is 1. The van der Waals surface area contributed by atoms with Crippen molar-refractivity contribution in [3.05, 3.63) is 55.3 Å². The lowest BCUT2D eigenvalue weighted by Crippen LogP contribution is -2.43. The van der Waals surface area contributed by atoms with Crippen LogP contribution in [0.5, 0.6) is 0 Å². The average molecular weight is 552 g/mol. The quantitative estimate of drug-likeness (QED) is 0.523. The molecule has 4 rings (SSSR count). The molecule has 2 aromatic rings. The van der Waals surface area contributed by atoms with Crippen LogP contribution in [0.1, 0.15) is 48.3 Å². The van der Waals surface area contributed by atoms with E-state index in [1.54, 1.807) is 13.0 Å². The molecule has 1 N–H and O–H groups in total. The molecular weight excluding hydrogens is 525 g/mol. The lowest BCUT2D eigenvalue weighted by Gasteiger charge is -2.32. The molecule has 0 amide bonds. The number of aliphatic imine (C=N–C) groups is 1. The fraction of sp³-hybridized carbons (Fsp3) is 0.478. The Balaban J connectivity index is 1.82. The van der Waals surface area contributed by atoms with E-state index >= 15 is 0 Å². The van der Waals surface area contributed by atoms with Gasteiger partial charge in [0.25, 0.3) is 0 Å². The normalized spacial score (nSPS) is 19.2. The van der Waals surface area contributed by atoms with Crippen molar-refractivity contribution >= 4 is 39.1 Å². The Hall–Kier alpha value is -2.21. The van der Waals surface area contributed by atoms with Crippen LogP contribution in [0.15, 0.2) is 38.9 Å². The van der Waals surface area contributed by atoms with Crippen LogP contribution in [-0.2, 0) is 14.3 Å². The van der Waals surface area contributed by atoms with Crippen LogP contribution in [0.2, 0.25) is 0 Å². The number of carbonyl (C=O) groups is 1. The van der Waals surface area contributed by atoms with Crippen molar-refractivity contribution in [2.45, 2.75) is 32.7 Å². The molecule has 1 aromatic heterocycles. The summed E-state index contributed by atoms with van der Waals surface area (Å²) < 4.78 is 25.3. The van der Waals surface area contributed by atoms with Crippen LogP contribution in [0, 0.1) is 5.82 Å². The fourth-order valence-corrected chi connectivity index (χ4v) is 5.14. The zero-order valence-corrected chi connectivity index (χ0v) is 21.7. The fourth-order valence-electron chi connectivity index (χ4n) is 3.77. The highest BCUT2D eigenvalue weighted by atomic mass is 79.9. The average Bonchev–Trinajstić information content (AvgIpc) is 3.30. The Morgan fingerprint density at radius 2 is 2.12 bits per heavy atom. The monoisotopic (exact) mass is 551 g/mol. The number of halogens is 2. The number of morpholine rings is 1. The summed E-state index contributed by atoms with van der Waals surface area (Å²) in [5.41, 5.74) is 1.75. The Labute approximate surface area is 210 Å². The number of esters is 1. The van der Waals surface area contributed by atoms with Gasteiger partial charge in [-0.3, -0.25) is 9.89 Å². The summed E-state index contributed by atoms with van der Waals surface area (Å²) in [4.78, 5) is 20.3. The molecule has 0 bridgehead atoms. The maximum Gasteiger partial charge on any atom is 0.338 e. The second-order valence-electron chi connectivity index (χ2n) is 8.27. The number of hydrogen-bond acceptors (Lipinski definition) is 9. The Kier molecular flexibility index (Phi) is 8.07. The van der Waals surface area contributed by atoms with Gasteiger partial charge in [-0.1, -0.05) is 47.2 Å². The molecule has 1 fully saturated rings. The molecule has 0 radical (unpaired) electrons. The maximum absolute atomic E-state index is 13.9. The molecule has 182 valence electrons. The molecule has 1 atom stereocenters. The number of nitrogens with zero attached hydrogens (tertiary/aromatic N) is 4. The second kappa shape index (κ2) is 11.0. The maximum atomic E-state index is 13.9. The number of benzene rings is 1. The van der Waals surface area contributed by atoms with Crippen molar-refractivity contribution in [3.63, 3.8) is 0 Å². The first-order valence-corrected chi connectivity index (χ1v) is 12.8. The van der Waals surface area contributed by atoms with Crippen molar-refractivity contribution in [2.75, 3.05) is 39.5 Å². The second-order valence-corrected chi connectivity index (χ2v) is 10.1. The van der Waals surface area contributed by atoms with Crippen LogP contribution in [-0.4, -0.2) is 66.4 Å². The lowest BCUT2D eigenvalue weighted by molar-refractivity contribution is -0.139. The molecule has 0 saturated carbocycles.